The van der Waals surface area contributed by atoms with E-state index < -0.39 is 26.6 Å². The minimum atomic E-state index is -4.18. The first-order valence-corrected chi connectivity index (χ1v) is 10.2. The highest BCUT2D eigenvalue weighted by Gasteiger charge is 2.38. The molecule has 2 aliphatic heterocycles. The average molecular weight is 378 g/mol. The van der Waals surface area contributed by atoms with Crippen molar-refractivity contribution in [1.82, 2.24) is 9.21 Å². The monoisotopic (exact) mass is 378 g/mol. The van der Waals surface area contributed by atoms with Gasteiger partial charge in [0.2, 0.25) is 10.0 Å². The highest BCUT2D eigenvalue weighted by atomic mass is 32.2. The van der Waals surface area contributed by atoms with Crippen LogP contribution in [0.15, 0.2) is 47.4 Å². The van der Waals surface area contributed by atoms with E-state index in [4.69, 9.17) is 0 Å². The molecule has 0 amide bonds. The van der Waals surface area contributed by atoms with E-state index in [0.29, 0.717) is 6.42 Å². The second kappa shape index (κ2) is 6.72. The molecule has 2 aromatic rings. The van der Waals surface area contributed by atoms with Gasteiger partial charge < -0.3 is 0 Å². The van der Waals surface area contributed by atoms with Crippen LogP contribution in [-0.2, 0) is 23.0 Å². The van der Waals surface area contributed by atoms with Crippen molar-refractivity contribution in [1.29, 1.82) is 0 Å². The standard InChI is InChI=1S/C19H20F2N2O2S/c20-17-6-3-7-18(21)19(17)26(24,25)23-11-9-16(13-23)22-10-8-14-4-1-2-5-15(14)12-22/h1-7,16H,8-13H2. The Morgan fingerprint density at radius 1 is 0.923 bits per heavy atom. The van der Waals surface area contributed by atoms with E-state index in [9.17, 15) is 17.2 Å². The largest absolute Gasteiger partial charge is 0.294 e. The van der Waals surface area contributed by atoms with Gasteiger partial charge in [-0.2, -0.15) is 4.31 Å². The zero-order chi connectivity index (χ0) is 18.3. The lowest BCUT2D eigenvalue weighted by Crippen LogP contribution is -2.41. The summed E-state index contributed by atoms with van der Waals surface area (Å²) < 4.78 is 54.6. The SMILES string of the molecule is O=S(=O)(c1c(F)cccc1F)N1CCC(N2CCc3ccccc3C2)C1. The Kier molecular flexibility index (Phi) is 4.54. The lowest BCUT2D eigenvalue weighted by molar-refractivity contribution is 0.185. The number of fused-ring (bicyclic) bond motifs is 1. The summed E-state index contributed by atoms with van der Waals surface area (Å²) in [5.41, 5.74) is 2.60. The summed E-state index contributed by atoms with van der Waals surface area (Å²) in [6.45, 7) is 2.18. The Labute approximate surface area is 152 Å². The van der Waals surface area contributed by atoms with Gasteiger partial charge >= 0.3 is 0 Å². The quantitative estimate of drug-likeness (QED) is 0.825. The van der Waals surface area contributed by atoms with Crippen LogP contribution in [-0.4, -0.2) is 43.3 Å². The van der Waals surface area contributed by atoms with Gasteiger partial charge in [0, 0.05) is 32.2 Å². The number of rotatable bonds is 3. The van der Waals surface area contributed by atoms with E-state index in [1.165, 1.54) is 21.5 Å². The molecule has 2 aliphatic rings. The first-order valence-electron chi connectivity index (χ1n) is 8.72. The van der Waals surface area contributed by atoms with Crippen molar-refractivity contribution in [2.24, 2.45) is 0 Å². The number of nitrogens with zero attached hydrogens (tertiary/aromatic N) is 2. The minimum absolute atomic E-state index is 0.0629. The van der Waals surface area contributed by atoms with Crippen molar-refractivity contribution in [3.63, 3.8) is 0 Å². The van der Waals surface area contributed by atoms with E-state index in [2.05, 4.69) is 17.0 Å². The Bertz CT molecular complexity index is 913. The molecule has 0 spiro atoms. The summed E-state index contributed by atoms with van der Waals surface area (Å²) in [4.78, 5) is 1.43. The molecular formula is C19H20F2N2O2S. The van der Waals surface area contributed by atoms with Gasteiger partial charge in [0.05, 0.1) is 0 Å². The summed E-state index contributed by atoms with van der Waals surface area (Å²) in [5.74, 6) is -2.08. The minimum Gasteiger partial charge on any atom is -0.294 e. The van der Waals surface area contributed by atoms with Crippen molar-refractivity contribution in [2.75, 3.05) is 19.6 Å². The van der Waals surface area contributed by atoms with Gasteiger partial charge in [0.25, 0.3) is 0 Å². The Morgan fingerprint density at radius 3 is 2.35 bits per heavy atom. The normalized spacial score (nSPS) is 21.7. The van der Waals surface area contributed by atoms with Gasteiger partial charge in [-0.25, -0.2) is 17.2 Å². The molecule has 0 aromatic heterocycles. The third-order valence-corrected chi connectivity index (χ3v) is 7.24. The van der Waals surface area contributed by atoms with Crippen LogP contribution < -0.4 is 0 Å². The molecule has 2 heterocycles. The molecule has 1 fully saturated rings. The van der Waals surface area contributed by atoms with Gasteiger partial charge in [-0.3, -0.25) is 4.90 Å². The fourth-order valence-corrected chi connectivity index (χ4v) is 5.52. The van der Waals surface area contributed by atoms with E-state index in [1.54, 1.807) is 0 Å². The predicted octanol–water partition coefficient (Wildman–Crippen LogP) is 2.79. The highest BCUT2D eigenvalue weighted by molar-refractivity contribution is 7.89. The fourth-order valence-electron chi connectivity index (χ4n) is 3.91. The molecule has 0 bridgehead atoms. The molecule has 0 aliphatic carbocycles. The van der Waals surface area contributed by atoms with Crippen LogP contribution in [0.3, 0.4) is 0 Å². The van der Waals surface area contributed by atoms with Crippen molar-refractivity contribution in [2.45, 2.75) is 30.3 Å². The Balaban J connectivity index is 1.52. The third kappa shape index (κ3) is 3.04. The second-order valence-electron chi connectivity index (χ2n) is 6.85. The number of hydrogen-bond acceptors (Lipinski definition) is 3. The molecule has 1 saturated heterocycles. The summed E-state index contributed by atoms with van der Waals surface area (Å²) >= 11 is 0. The van der Waals surface area contributed by atoms with E-state index >= 15 is 0 Å². The van der Waals surface area contributed by atoms with Crippen LogP contribution in [0.2, 0.25) is 0 Å². The van der Waals surface area contributed by atoms with Gasteiger partial charge in [-0.05, 0) is 36.1 Å². The fraction of sp³-hybridized carbons (Fsp3) is 0.368. The Hall–Kier alpha value is -1.83. The molecular weight excluding hydrogens is 358 g/mol. The first-order chi connectivity index (χ1) is 12.5. The van der Waals surface area contributed by atoms with Gasteiger partial charge in [-0.15, -0.1) is 0 Å². The lowest BCUT2D eigenvalue weighted by Gasteiger charge is -2.33. The van der Waals surface area contributed by atoms with E-state index in [-0.39, 0.29) is 19.1 Å². The van der Waals surface area contributed by atoms with Crippen molar-refractivity contribution in [3.8, 4) is 0 Å². The first kappa shape index (κ1) is 17.6. The van der Waals surface area contributed by atoms with Gasteiger partial charge in [0.15, 0.2) is 4.90 Å². The van der Waals surface area contributed by atoms with Crippen LogP contribution in [0.5, 0.6) is 0 Å². The molecule has 0 N–H and O–H groups in total. The summed E-state index contributed by atoms with van der Waals surface area (Å²) in [5, 5.41) is 0. The van der Waals surface area contributed by atoms with Crippen LogP contribution in [0.25, 0.3) is 0 Å². The number of sulfonamides is 1. The molecule has 4 nitrogen and oxygen atoms in total. The van der Waals surface area contributed by atoms with Crippen LogP contribution in [0, 0.1) is 11.6 Å². The maximum Gasteiger partial charge on any atom is 0.248 e. The van der Waals surface area contributed by atoms with Crippen molar-refractivity contribution >= 4 is 10.0 Å². The lowest BCUT2D eigenvalue weighted by atomic mass is 9.98. The smallest absolute Gasteiger partial charge is 0.248 e. The number of halogens is 2. The zero-order valence-corrected chi connectivity index (χ0v) is 15.1. The highest BCUT2D eigenvalue weighted by Crippen LogP contribution is 2.29. The summed E-state index contributed by atoms with van der Waals surface area (Å²) in [6, 6.07) is 11.4. The van der Waals surface area contributed by atoms with Crippen LogP contribution in [0.1, 0.15) is 17.5 Å². The average Bonchev–Trinajstić information content (AvgIpc) is 3.12. The third-order valence-electron chi connectivity index (χ3n) is 5.32. The molecule has 7 heteroatoms. The van der Waals surface area contributed by atoms with Crippen LogP contribution in [0.4, 0.5) is 8.78 Å². The molecule has 26 heavy (non-hydrogen) atoms. The maximum atomic E-state index is 14.0. The van der Waals surface area contributed by atoms with Gasteiger partial charge in [-0.1, -0.05) is 30.3 Å². The van der Waals surface area contributed by atoms with Crippen LogP contribution >= 0.6 is 0 Å². The Morgan fingerprint density at radius 2 is 1.62 bits per heavy atom. The van der Waals surface area contributed by atoms with E-state index in [1.807, 2.05) is 12.1 Å². The summed E-state index contributed by atoms with van der Waals surface area (Å²) in [7, 11) is -4.18. The molecule has 0 saturated carbocycles. The van der Waals surface area contributed by atoms with Crippen molar-refractivity contribution in [3.05, 3.63) is 65.2 Å². The zero-order valence-electron chi connectivity index (χ0n) is 14.2. The van der Waals surface area contributed by atoms with E-state index in [0.717, 1.165) is 31.6 Å². The van der Waals surface area contributed by atoms with Crippen molar-refractivity contribution < 1.29 is 17.2 Å². The molecule has 2 aromatic carbocycles. The van der Waals surface area contributed by atoms with Gasteiger partial charge in [0.1, 0.15) is 11.6 Å². The molecule has 138 valence electrons. The number of benzene rings is 2. The molecule has 1 atom stereocenters. The predicted molar refractivity (Wildman–Crippen MR) is 94.1 cm³/mol. The molecule has 1 unspecified atom stereocenters. The molecule has 0 radical (unpaired) electrons. The topological polar surface area (TPSA) is 40.6 Å². The maximum absolute atomic E-state index is 14.0. The number of hydrogen-bond donors (Lipinski definition) is 0. The molecule has 4 rings (SSSR count). The summed E-state index contributed by atoms with van der Waals surface area (Å²) in [6.07, 6.45) is 1.60. The second-order valence-corrected chi connectivity index (χ2v) is 8.72.